The lowest BCUT2D eigenvalue weighted by molar-refractivity contribution is -0.136. The van der Waals surface area contributed by atoms with Crippen molar-refractivity contribution in [2.24, 2.45) is 0 Å². The van der Waals surface area contributed by atoms with Crippen LogP contribution in [-0.4, -0.2) is 24.2 Å². The monoisotopic (exact) mass is 295 g/mol. The number of anilines is 1. The number of carbonyl (C=O) groups is 1. The van der Waals surface area contributed by atoms with Gasteiger partial charge in [0.2, 0.25) is 0 Å². The fourth-order valence-corrected chi connectivity index (χ4v) is 3.13. The van der Waals surface area contributed by atoms with E-state index in [4.69, 9.17) is 5.11 Å². The van der Waals surface area contributed by atoms with Gasteiger partial charge in [-0.1, -0.05) is 36.4 Å². The van der Waals surface area contributed by atoms with Gasteiger partial charge >= 0.3 is 5.97 Å². The van der Waals surface area contributed by atoms with E-state index in [1.165, 1.54) is 24.9 Å². The first kappa shape index (κ1) is 14.6. The summed E-state index contributed by atoms with van der Waals surface area (Å²) in [6, 6.07) is 16.3. The Morgan fingerprint density at radius 3 is 2.41 bits per heavy atom. The molecule has 1 N–H and O–H groups in total. The molecular formula is C19H21NO2. The predicted molar refractivity (Wildman–Crippen MR) is 89.3 cm³/mol. The maximum absolute atomic E-state index is 11.0. The maximum atomic E-state index is 11.0. The average Bonchev–Trinajstić information content (AvgIpc) is 2.56. The van der Waals surface area contributed by atoms with E-state index in [-0.39, 0.29) is 6.42 Å². The number of carboxylic acid groups (broad SMARTS) is 1. The van der Waals surface area contributed by atoms with E-state index in [0.29, 0.717) is 0 Å². The van der Waals surface area contributed by atoms with Crippen molar-refractivity contribution < 1.29 is 9.90 Å². The topological polar surface area (TPSA) is 40.5 Å². The molecule has 2 aromatic carbocycles. The number of aliphatic carboxylic acids is 1. The number of piperidine rings is 1. The summed E-state index contributed by atoms with van der Waals surface area (Å²) < 4.78 is 0. The quantitative estimate of drug-likeness (QED) is 0.927. The molecule has 1 aliphatic heterocycles. The highest BCUT2D eigenvalue weighted by molar-refractivity contribution is 5.81. The molecule has 3 rings (SSSR count). The highest BCUT2D eigenvalue weighted by Gasteiger charge is 2.16. The van der Waals surface area contributed by atoms with Crippen molar-refractivity contribution in [1.82, 2.24) is 0 Å². The van der Waals surface area contributed by atoms with Gasteiger partial charge in [-0.25, -0.2) is 0 Å². The molecule has 0 radical (unpaired) electrons. The van der Waals surface area contributed by atoms with E-state index >= 15 is 0 Å². The van der Waals surface area contributed by atoms with Crippen LogP contribution in [0.5, 0.6) is 0 Å². The maximum Gasteiger partial charge on any atom is 0.307 e. The molecule has 0 aliphatic carbocycles. The van der Waals surface area contributed by atoms with Crippen LogP contribution < -0.4 is 4.90 Å². The summed E-state index contributed by atoms with van der Waals surface area (Å²) in [5.41, 5.74) is 4.36. The summed E-state index contributed by atoms with van der Waals surface area (Å²) >= 11 is 0. The number of carboxylic acids is 1. The van der Waals surface area contributed by atoms with Gasteiger partial charge in [-0.15, -0.1) is 0 Å². The molecule has 1 aliphatic rings. The van der Waals surface area contributed by atoms with Crippen LogP contribution in [0.15, 0.2) is 48.5 Å². The van der Waals surface area contributed by atoms with Gasteiger partial charge in [-0.2, -0.15) is 0 Å². The molecular weight excluding hydrogens is 274 g/mol. The summed E-state index contributed by atoms with van der Waals surface area (Å²) in [4.78, 5) is 13.4. The molecule has 0 bridgehead atoms. The third kappa shape index (κ3) is 3.30. The van der Waals surface area contributed by atoms with Gasteiger partial charge in [0.05, 0.1) is 6.42 Å². The van der Waals surface area contributed by atoms with Crippen molar-refractivity contribution in [3.63, 3.8) is 0 Å². The number of benzene rings is 2. The molecule has 0 saturated carbocycles. The van der Waals surface area contributed by atoms with Gasteiger partial charge in [0.15, 0.2) is 0 Å². The van der Waals surface area contributed by atoms with E-state index in [1.807, 2.05) is 30.3 Å². The zero-order chi connectivity index (χ0) is 15.4. The summed E-state index contributed by atoms with van der Waals surface area (Å²) in [6.07, 6.45) is 3.82. The minimum atomic E-state index is -0.787. The Morgan fingerprint density at radius 2 is 1.73 bits per heavy atom. The standard InChI is InChI=1S/C19H21NO2/c21-19(22)14-15-9-10-18(20-11-5-2-6-12-20)17(13-15)16-7-3-1-4-8-16/h1,3-4,7-10,13H,2,5-6,11-12,14H2,(H,21,22). The Bertz CT molecular complexity index is 646. The largest absolute Gasteiger partial charge is 0.481 e. The van der Waals surface area contributed by atoms with Crippen LogP contribution in [0.1, 0.15) is 24.8 Å². The molecule has 114 valence electrons. The van der Waals surface area contributed by atoms with Gasteiger partial charge in [-0.3, -0.25) is 4.79 Å². The number of rotatable bonds is 4. The van der Waals surface area contributed by atoms with Crippen molar-refractivity contribution in [3.8, 4) is 11.1 Å². The second-order valence-corrected chi connectivity index (χ2v) is 5.84. The number of nitrogens with zero attached hydrogens (tertiary/aromatic N) is 1. The van der Waals surface area contributed by atoms with Crippen LogP contribution in [0.4, 0.5) is 5.69 Å². The normalized spacial score (nSPS) is 14.8. The average molecular weight is 295 g/mol. The minimum absolute atomic E-state index is 0.0696. The minimum Gasteiger partial charge on any atom is -0.481 e. The zero-order valence-electron chi connectivity index (χ0n) is 12.7. The van der Waals surface area contributed by atoms with Crippen LogP contribution in [0.25, 0.3) is 11.1 Å². The van der Waals surface area contributed by atoms with Gasteiger partial charge in [0.1, 0.15) is 0 Å². The summed E-state index contributed by atoms with van der Waals surface area (Å²) in [6.45, 7) is 2.16. The lowest BCUT2D eigenvalue weighted by Crippen LogP contribution is -2.29. The molecule has 0 amide bonds. The molecule has 1 fully saturated rings. The molecule has 3 nitrogen and oxygen atoms in total. The lowest BCUT2D eigenvalue weighted by Gasteiger charge is -2.31. The third-order valence-corrected chi connectivity index (χ3v) is 4.20. The smallest absolute Gasteiger partial charge is 0.307 e. The first-order valence-corrected chi connectivity index (χ1v) is 7.89. The molecule has 1 heterocycles. The third-order valence-electron chi connectivity index (χ3n) is 4.20. The van der Waals surface area contributed by atoms with Crippen LogP contribution in [0.2, 0.25) is 0 Å². The van der Waals surface area contributed by atoms with Crippen molar-refractivity contribution in [1.29, 1.82) is 0 Å². The lowest BCUT2D eigenvalue weighted by atomic mass is 9.98. The van der Waals surface area contributed by atoms with Gasteiger partial charge in [-0.05, 0) is 42.5 Å². The highest BCUT2D eigenvalue weighted by Crippen LogP contribution is 2.33. The van der Waals surface area contributed by atoms with E-state index in [1.54, 1.807) is 0 Å². The second-order valence-electron chi connectivity index (χ2n) is 5.84. The zero-order valence-corrected chi connectivity index (χ0v) is 12.7. The summed E-state index contributed by atoms with van der Waals surface area (Å²) in [5.74, 6) is -0.787. The highest BCUT2D eigenvalue weighted by atomic mass is 16.4. The van der Waals surface area contributed by atoms with E-state index in [0.717, 1.165) is 29.8 Å². The molecule has 0 unspecified atom stereocenters. The molecule has 2 aromatic rings. The Labute approximate surface area is 131 Å². The van der Waals surface area contributed by atoms with Crippen molar-refractivity contribution in [3.05, 3.63) is 54.1 Å². The fourth-order valence-electron chi connectivity index (χ4n) is 3.13. The molecule has 22 heavy (non-hydrogen) atoms. The van der Waals surface area contributed by atoms with Gasteiger partial charge in [0, 0.05) is 24.3 Å². The van der Waals surface area contributed by atoms with E-state index < -0.39 is 5.97 Å². The Balaban J connectivity index is 2.02. The Kier molecular flexibility index (Phi) is 4.42. The van der Waals surface area contributed by atoms with Gasteiger partial charge in [0.25, 0.3) is 0 Å². The predicted octanol–water partition coefficient (Wildman–Crippen LogP) is 3.97. The number of hydrogen-bond acceptors (Lipinski definition) is 2. The molecule has 0 atom stereocenters. The van der Waals surface area contributed by atoms with Crippen LogP contribution in [-0.2, 0) is 11.2 Å². The fraction of sp³-hybridized carbons (Fsp3) is 0.316. The molecule has 1 saturated heterocycles. The second kappa shape index (κ2) is 6.65. The summed E-state index contributed by atoms with van der Waals surface area (Å²) in [5, 5.41) is 9.04. The van der Waals surface area contributed by atoms with Crippen LogP contribution in [0.3, 0.4) is 0 Å². The molecule has 0 spiro atoms. The van der Waals surface area contributed by atoms with Crippen LogP contribution >= 0.6 is 0 Å². The molecule has 3 heteroatoms. The summed E-state index contributed by atoms with van der Waals surface area (Å²) in [7, 11) is 0. The van der Waals surface area contributed by atoms with E-state index in [2.05, 4.69) is 23.1 Å². The first-order chi connectivity index (χ1) is 10.7. The Morgan fingerprint density at radius 1 is 1.00 bits per heavy atom. The van der Waals surface area contributed by atoms with Crippen molar-refractivity contribution in [2.75, 3.05) is 18.0 Å². The van der Waals surface area contributed by atoms with Crippen molar-refractivity contribution in [2.45, 2.75) is 25.7 Å². The van der Waals surface area contributed by atoms with Crippen molar-refractivity contribution >= 4 is 11.7 Å². The number of hydrogen-bond donors (Lipinski definition) is 1. The van der Waals surface area contributed by atoms with Crippen LogP contribution in [0, 0.1) is 0 Å². The molecule has 0 aromatic heterocycles. The van der Waals surface area contributed by atoms with E-state index in [9.17, 15) is 4.79 Å². The Hall–Kier alpha value is -2.29. The SMILES string of the molecule is O=C(O)Cc1ccc(N2CCCCC2)c(-c2ccccc2)c1. The van der Waals surface area contributed by atoms with Gasteiger partial charge < -0.3 is 10.0 Å². The first-order valence-electron chi connectivity index (χ1n) is 7.89.